The SMILES string of the molecule is CC1=CC(C)(C)N(C(=O)COc2ccc3ccccc3c2)c2ccc(C(c3ccccc3)(c3ccccc3)c3ccccc3)cc21. The first-order valence-electron chi connectivity index (χ1n) is 15.8. The molecule has 0 aliphatic carbocycles. The van der Waals surface area contributed by atoms with Crippen molar-refractivity contribution >= 4 is 27.9 Å². The minimum atomic E-state index is -0.569. The molecule has 0 N–H and O–H groups in total. The highest BCUT2D eigenvalue weighted by Crippen LogP contribution is 2.48. The van der Waals surface area contributed by atoms with Gasteiger partial charge in [0.05, 0.1) is 16.6 Å². The fourth-order valence-corrected chi connectivity index (χ4v) is 7.25. The molecule has 3 heteroatoms. The van der Waals surface area contributed by atoms with E-state index in [9.17, 15) is 4.79 Å². The van der Waals surface area contributed by atoms with Gasteiger partial charge in [0.15, 0.2) is 6.61 Å². The number of carbonyl (C=O) groups is 1. The van der Waals surface area contributed by atoms with E-state index in [1.165, 1.54) is 16.7 Å². The Kier molecular flexibility index (Phi) is 7.54. The number of hydrogen-bond donors (Lipinski definition) is 0. The summed E-state index contributed by atoms with van der Waals surface area (Å²) in [6.07, 6.45) is 2.20. The summed E-state index contributed by atoms with van der Waals surface area (Å²) < 4.78 is 6.10. The van der Waals surface area contributed by atoms with E-state index in [-0.39, 0.29) is 12.5 Å². The third kappa shape index (κ3) is 5.08. The summed E-state index contributed by atoms with van der Waals surface area (Å²) >= 11 is 0. The molecular formula is C43H37NO2. The topological polar surface area (TPSA) is 29.5 Å². The van der Waals surface area contributed by atoms with E-state index in [1.807, 2.05) is 35.2 Å². The smallest absolute Gasteiger partial charge is 0.265 e. The van der Waals surface area contributed by atoms with Crippen molar-refractivity contribution in [3.63, 3.8) is 0 Å². The van der Waals surface area contributed by atoms with Gasteiger partial charge in [-0.15, -0.1) is 0 Å². The maximum absolute atomic E-state index is 14.0. The van der Waals surface area contributed by atoms with Crippen LogP contribution in [0.3, 0.4) is 0 Å². The molecule has 1 heterocycles. The predicted molar refractivity (Wildman–Crippen MR) is 189 cm³/mol. The van der Waals surface area contributed by atoms with Gasteiger partial charge in [-0.2, -0.15) is 0 Å². The highest BCUT2D eigenvalue weighted by Gasteiger charge is 2.41. The number of anilines is 1. The lowest BCUT2D eigenvalue weighted by Gasteiger charge is -2.43. The van der Waals surface area contributed by atoms with Crippen LogP contribution in [0.5, 0.6) is 5.75 Å². The van der Waals surface area contributed by atoms with Crippen molar-refractivity contribution in [2.45, 2.75) is 31.7 Å². The van der Waals surface area contributed by atoms with Crippen molar-refractivity contribution < 1.29 is 9.53 Å². The molecule has 0 saturated carbocycles. The quantitative estimate of drug-likeness (QED) is 0.171. The van der Waals surface area contributed by atoms with Crippen LogP contribution in [0, 0.1) is 0 Å². The Hall–Kier alpha value is -5.41. The van der Waals surface area contributed by atoms with Crippen molar-refractivity contribution in [1.29, 1.82) is 0 Å². The van der Waals surface area contributed by atoms with Gasteiger partial charge < -0.3 is 4.74 Å². The van der Waals surface area contributed by atoms with E-state index in [0.717, 1.165) is 33.2 Å². The molecule has 6 aromatic rings. The van der Waals surface area contributed by atoms with Crippen LogP contribution in [0.2, 0.25) is 0 Å². The molecule has 0 atom stereocenters. The van der Waals surface area contributed by atoms with Gasteiger partial charge in [0, 0.05) is 5.56 Å². The number of allylic oxidation sites excluding steroid dienone is 1. The van der Waals surface area contributed by atoms with Crippen molar-refractivity contribution in [1.82, 2.24) is 0 Å². The average molecular weight is 600 g/mol. The summed E-state index contributed by atoms with van der Waals surface area (Å²) in [5, 5.41) is 2.22. The number of amides is 1. The molecular weight excluding hydrogens is 562 g/mol. The Balaban J connectivity index is 1.33. The van der Waals surface area contributed by atoms with Gasteiger partial charge in [-0.3, -0.25) is 9.69 Å². The molecule has 46 heavy (non-hydrogen) atoms. The molecule has 1 aliphatic heterocycles. The Labute approximate surface area is 271 Å². The van der Waals surface area contributed by atoms with Gasteiger partial charge >= 0.3 is 0 Å². The third-order valence-corrected chi connectivity index (χ3v) is 9.19. The maximum Gasteiger partial charge on any atom is 0.265 e. The maximum atomic E-state index is 14.0. The molecule has 0 saturated heterocycles. The summed E-state index contributed by atoms with van der Waals surface area (Å²) in [6.45, 7) is 6.26. The second-order valence-corrected chi connectivity index (χ2v) is 12.6. The van der Waals surface area contributed by atoms with E-state index < -0.39 is 11.0 Å². The second-order valence-electron chi connectivity index (χ2n) is 12.6. The van der Waals surface area contributed by atoms with E-state index in [1.54, 1.807) is 0 Å². The first-order chi connectivity index (χ1) is 22.4. The molecule has 3 nitrogen and oxygen atoms in total. The standard InChI is InChI=1S/C43H37NO2/c1-31-29-42(2,3)44(41(45)30-46-38-25-23-32-15-13-14-16-33(32)27-38)40-26-24-37(28-39(31)40)43(34-17-7-4-8-18-34,35-19-9-5-10-20-35)36-21-11-6-12-22-36/h4-29H,30H2,1-3H3. The molecule has 0 bridgehead atoms. The minimum Gasteiger partial charge on any atom is -0.484 e. The molecule has 7 rings (SSSR count). The zero-order chi connectivity index (χ0) is 31.7. The lowest BCUT2D eigenvalue weighted by Crippen LogP contribution is -2.50. The fraction of sp³-hybridized carbons (Fsp3) is 0.140. The summed E-state index contributed by atoms with van der Waals surface area (Å²) in [4.78, 5) is 15.9. The van der Waals surface area contributed by atoms with Crippen LogP contribution in [0.25, 0.3) is 16.3 Å². The Morgan fingerprint density at radius 2 is 1.17 bits per heavy atom. The number of rotatable bonds is 7. The molecule has 1 aliphatic rings. The molecule has 0 spiro atoms. The van der Waals surface area contributed by atoms with E-state index in [0.29, 0.717) is 5.75 Å². The van der Waals surface area contributed by atoms with Crippen molar-refractivity contribution in [2.24, 2.45) is 0 Å². The number of fused-ring (bicyclic) bond motifs is 2. The Morgan fingerprint density at radius 1 is 0.630 bits per heavy atom. The van der Waals surface area contributed by atoms with Crippen LogP contribution >= 0.6 is 0 Å². The normalized spacial score (nSPS) is 14.0. The van der Waals surface area contributed by atoms with Gasteiger partial charge in [0.2, 0.25) is 0 Å². The molecule has 0 unspecified atom stereocenters. The Bertz CT molecular complexity index is 1950. The predicted octanol–water partition coefficient (Wildman–Crippen LogP) is 9.83. The van der Waals surface area contributed by atoms with E-state index in [2.05, 4.69) is 148 Å². The summed E-state index contributed by atoms with van der Waals surface area (Å²) in [6, 6.07) is 52.8. The van der Waals surface area contributed by atoms with Crippen molar-refractivity contribution in [3.05, 3.63) is 186 Å². The van der Waals surface area contributed by atoms with E-state index >= 15 is 0 Å². The highest BCUT2D eigenvalue weighted by molar-refractivity contribution is 6.01. The summed E-state index contributed by atoms with van der Waals surface area (Å²) in [7, 11) is 0. The number of benzene rings is 6. The van der Waals surface area contributed by atoms with Crippen LogP contribution in [0.15, 0.2) is 158 Å². The molecule has 0 aromatic heterocycles. The lowest BCUT2D eigenvalue weighted by molar-refractivity contribution is -0.121. The van der Waals surface area contributed by atoms with Crippen LogP contribution < -0.4 is 9.64 Å². The zero-order valence-corrected chi connectivity index (χ0v) is 26.5. The number of nitrogens with zero attached hydrogens (tertiary/aromatic N) is 1. The van der Waals surface area contributed by atoms with Crippen LogP contribution in [-0.4, -0.2) is 18.1 Å². The number of carbonyl (C=O) groups excluding carboxylic acids is 1. The molecule has 0 fully saturated rings. The minimum absolute atomic E-state index is 0.0577. The van der Waals surface area contributed by atoms with Crippen molar-refractivity contribution in [2.75, 3.05) is 11.5 Å². The largest absolute Gasteiger partial charge is 0.484 e. The second kappa shape index (κ2) is 11.8. The van der Waals surface area contributed by atoms with Gasteiger partial charge in [-0.1, -0.05) is 133 Å². The van der Waals surface area contributed by atoms with Gasteiger partial charge in [0.25, 0.3) is 5.91 Å². The number of hydrogen-bond acceptors (Lipinski definition) is 2. The van der Waals surface area contributed by atoms with Crippen LogP contribution in [0.1, 0.15) is 48.6 Å². The van der Waals surface area contributed by atoms with Gasteiger partial charge in [-0.25, -0.2) is 0 Å². The van der Waals surface area contributed by atoms with Crippen LogP contribution in [-0.2, 0) is 10.2 Å². The molecule has 0 radical (unpaired) electrons. The third-order valence-electron chi connectivity index (χ3n) is 9.19. The summed E-state index contributed by atoms with van der Waals surface area (Å²) in [5.41, 5.74) is 6.67. The first-order valence-corrected chi connectivity index (χ1v) is 15.8. The lowest BCUT2D eigenvalue weighted by atomic mass is 9.64. The molecule has 226 valence electrons. The molecule has 1 amide bonds. The summed E-state index contributed by atoms with van der Waals surface area (Å²) in [5.74, 6) is 0.596. The Morgan fingerprint density at radius 3 is 1.76 bits per heavy atom. The first kappa shape index (κ1) is 29.3. The van der Waals surface area contributed by atoms with E-state index in [4.69, 9.17) is 4.74 Å². The average Bonchev–Trinajstić information content (AvgIpc) is 3.09. The van der Waals surface area contributed by atoms with Crippen molar-refractivity contribution in [3.8, 4) is 5.75 Å². The highest BCUT2D eigenvalue weighted by atomic mass is 16.5. The fourth-order valence-electron chi connectivity index (χ4n) is 7.25. The van der Waals surface area contributed by atoms with Gasteiger partial charge in [0.1, 0.15) is 5.75 Å². The van der Waals surface area contributed by atoms with Crippen LogP contribution in [0.4, 0.5) is 5.69 Å². The van der Waals surface area contributed by atoms with Gasteiger partial charge in [-0.05, 0) is 83.6 Å². The molecule has 6 aromatic carbocycles. The number of ether oxygens (including phenoxy) is 1. The monoisotopic (exact) mass is 599 g/mol. The zero-order valence-electron chi connectivity index (χ0n) is 26.5.